The average molecular weight is 265 g/mol. The summed E-state index contributed by atoms with van der Waals surface area (Å²) in [5.41, 5.74) is 6.61. The van der Waals surface area contributed by atoms with Crippen molar-refractivity contribution in [1.29, 1.82) is 0 Å². The molecular formula is C13H23N5O. The number of nitrogens with one attached hydrogen (secondary N) is 2. The second-order valence-electron chi connectivity index (χ2n) is 4.51. The van der Waals surface area contributed by atoms with E-state index in [-0.39, 0.29) is 11.9 Å². The largest absolute Gasteiger partial charge is 0.383 e. The molecule has 106 valence electrons. The first kappa shape index (κ1) is 15.2. The van der Waals surface area contributed by atoms with Crippen LogP contribution >= 0.6 is 0 Å². The maximum Gasteiger partial charge on any atom is 0.242 e. The number of nitrogens with zero attached hydrogens (tertiary/aromatic N) is 2. The Hall–Kier alpha value is -1.85. The van der Waals surface area contributed by atoms with Crippen molar-refractivity contribution < 1.29 is 4.79 Å². The summed E-state index contributed by atoms with van der Waals surface area (Å²) in [4.78, 5) is 20.4. The lowest BCUT2D eigenvalue weighted by Gasteiger charge is -2.17. The van der Waals surface area contributed by atoms with Gasteiger partial charge < -0.3 is 16.4 Å². The molecule has 6 heteroatoms. The number of amides is 1. The molecule has 1 heterocycles. The predicted molar refractivity (Wildman–Crippen MR) is 76.9 cm³/mol. The summed E-state index contributed by atoms with van der Waals surface area (Å²) >= 11 is 0. The second kappa shape index (κ2) is 6.92. The van der Waals surface area contributed by atoms with Gasteiger partial charge in [0.15, 0.2) is 0 Å². The Balaban J connectivity index is 2.81. The average Bonchev–Trinajstić information content (AvgIpc) is 2.40. The van der Waals surface area contributed by atoms with E-state index in [1.54, 1.807) is 6.92 Å². The van der Waals surface area contributed by atoms with Crippen molar-refractivity contribution >= 4 is 17.5 Å². The minimum absolute atomic E-state index is 0.0449. The molecule has 19 heavy (non-hydrogen) atoms. The Bertz CT molecular complexity index is 447. The van der Waals surface area contributed by atoms with Crippen molar-refractivity contribution in [3.63, 3.8) is 0 Å². The quantitative estimate of drug-likeness (QED) is 0.720. The standard InChI is InChI=1S/C13H23N5O/c1-5-7-15-13(19)9(4)16-12-8(3)11(14)17-10(6-2)18-12/h9H,5-7H2,1-4H3,(H,15,19)(H3,14,16,17,18). The number of aromatic nitrogens is 2. The third kappa shape index (κ3) is 4.08. The van der Waals surface area contributed by atoms with Crippen molar-refractivity contribution in [3.8, 4) is 0 Å². The molecule has 6 nitrogen and oxygen atoms in total. The van der Waals surface area contributed by atoms with Gasteiger partial charge in [0.25, 0.3) is 0 Å². The highest BCUT2D eigenvalue weighted by Crippen LogP contribution is 2.18. The summed E-state index contributed by atoms with van der Waals surface area (Å²) in [6, 6.07) is -0.357. The predicted octanol–water partition coefficient (Wildman–Crippen LogP) is 1.26. The maximum atomic E-state index is 11.8. The molecule has 4 N–H and O–H groups in total. The number of carbonyl (C=O) groups is 1. The van der Waals surface area contributed by atoms with Crippen molar-refractivity contribution in [3.05, 3.63) is 11.4 Å². The Morgan fingerprint density at radius 3 is 2.63 bits per heavy atom. The zero-order valence-electron chi connectivity index (χ0n) is 12.1. The van der Waals surface area contributed by atoms with Gasteiger partial charge in [0.05, 0.1) is 0 Å². The summed E-state index contributed by atoms with van der Waals surface area (Å²) in [7, 11) is 0. The molecule has 0 bridgehead atoms. The molecule has 0 aliphatic rings. The topological polar surface area (TPSA) is 92.9 Å². The first-order valence-corrected chi connectivity index (χ1v) is 6.66. The first-order valence-electron chi connectivity index (χ1n) is 6.66. The lowest BCUT2D eigenvalue weighted by atomic mass is 10.2. The fourth-order valence-electron chi connectivity index (χ4n) is 1.55. The van der Waals surface area contributed by atoms with Crippen LogP contribution in [-0.4, -0.2) is 28.5 Å². The van der Waals surface area contributed by atoms with Crippen molar-refractivity contribution in [1.82, 2.24) is 15.3 Å². The van der Waals surface area contributed by atoms with Crippen LogP contribution in [0.5, 0.6) is 0 Å². The zero-order valence-corrected chi connectivity index (χ0v) is 12.1. The number of hydrogen-bond donors (Lipinski definition) is 3. The lowest BCUT2D eigenvalue weighted by molar-refractivity contribution is -0.121. The molecule has 0 aliphatic carbocycles. The number of rotatable bonds is 6. The van der Waals surface area contributed by atoms with Gasteiger partial charge in [-0.15, -0.1) is 0 Å². The Kier molecular flexibility index (Phi) is 5.54. The highest BCUT2D eigenvalue weighted by Gasteiger charge is 2.15. The van der Waals surface area contributed by atoms with Gasteiger partial charge in [-0.2, -0.15) is 0 Å². The molecule has 0 radical (unpaired) electrons. The van der Waals surface area contributed by atoms with Gasteiger partial charge in [-0.1, -0.05) is 13.8 Å². The van der Waals surface area contributed by atoms with E-state index in [0.29, 0.717) is 30.4 Å². The van der Waals surface area contributed by atoms with Crippen molar-refractivity contribution in [2.75, 3.05) is 17.6 Å². The molecule has 0 spiro atoms. The zero-order chi connectivity index (χ0) is 14.4. The molecule has 0 aliphatic heterocycles. The van der Waals surface area contributed by atoms with Crippen LogP contribution < -0.4 is 16.4 Å². The SMILES string of the molecule is CCCNC(=O)C(C)Nc1nc(CC)nc(N)c1C. The molecule has 1 amide bonds. The molecule has 1 rings (SSSR count). The third-order valence-electron chi connectivity index (χ3n) is 2.84. The van der Waals surface area contributed by atoms with Crippen LogP contribution in [0.4, 0.5) is 11.6 Å². The fraction of sp³-hybridized carbons (Fsp3) is 0.615. The molecule has 0 aromatic carbocycles. The normalized spacial score (nSPS) is 12.0. The Morgan fingerprint density at radius 2 is 2.05 bits per heavy atom. The number of carbonyl (C=O) groups excluding carboxylic acids is 1. The van der Waals surface area contributed by atoms with E-state index in [4.69, 9.17) is 5.73 Å². The van der Waals surface area contributed by atoms with Gasteiger partial charge >= 0.3 is 0 Å². The smallest absolute Gasteiger partial charge is 0.242 e. The number of hydrogen-bond acceptors (Lipinski definition) is 5. The lowest BCUT2D eigenvalue weighted by Crippen LogP contribution is -2.38. The maximum absolute atomic E-state index is 11.8. The van der Waals surface area contributed by atoms with Gasteiger partial charge in [0.1, 0.15) is 23.5 Å². The summed E-state index contributed by atoms with van der Waals surface area (Å²) in [6.07, 6.45) is 1.62. The number of nitrogen functional groups attached to an aromatic ring is 1. The van der Waals surface area contributed by atoms with Gasteiger partial charge in [-0.25, -0.2) is 9.97 Å². The summed E-state index contributed by atoms with van der Waals surface area (Å²) < 4.78 is 0. The summed E-state index contributed by atoms with van der Waals surface area (Å²) in [5, 5.41) is 5.93. The van der Waals surface area contributed by atoms with E-state index in [0.717, 1.165) is 12.0 Å². The van der Waals surface area contributed by atoms with Gasteiger partial charge in [0, 0.05) is 18.5 Å². The Morgan fingerprint density at radius 1 is 1.37 bits per heavy atom. The van der Waals surface area contributed by atoms with E-state index in [1.807, 2.05) is 20.8 Å². The van der Waals surface area contributed by atoms with E-state index in [1.165, 1.54) is 0 Å². The fourth-order valence-corrected chi connectivity index (χ4v) is 1.55. The monoisotopic (exact) mass is 265 g/mol. The molecule has 0 saturated heterocycles. The highest BCUT2D eigenvalue weighted by atomic mass is 16.2. The van der Waals surface area contributed by atoms with E-state index in [2.05, 4.69) is 20.6 Å². The molecule has 1 atom stereocenters. The Labute approximate surface area is 114 Å². The molecule has 1 aromatic rings. The minimum atomic E-state index is -0.357. The van der Waals surface area contributed by atoms with Crippen LogP contribution in [0.2, 0.25) is 0 Å². The summed E-state index contributed by atoms with van der Waals surface area (Å²) in [6.45, 7) is 8.30. The van der Waals surface area contributed by atoms with E-state index < -0.39 is 0 Å². The van der Waals surface area contributed by atoms with Crippen LogP contribution in [0.15, 0.2) is 0 Å². The molecule has 1 unspecified atom stereocenters. The van der Waals surface area contributed by atoms with Gasteiger partial charge in [0.2, 0.25) is 5.91 Å². The van der Waals surface area contributed by atoms with Crippen LogP contribution in [0.25, 0.3) is 0 Å². The first-order chi connectivity index (χ1) is 8.99. The second-order valence-corrected chi connectivity index (χ2v) is 4.51. The van der Waals surface area contributed by atoms with Gasteiger partial charge in [-0.3, -0.25) is 4.79 Å². The van der Waals surface area contributed by atoms with E-state index in [9.17, 15) is 4.79 Å². The minimum Gasteiger partial charge on any atom is -0.383 e. The highest BCUT2D eigenvalue weighted by molar-refractivity contribution is 5.84. The number of anilines is 2. The van der Waals surface area contributed by atoms with Crippen LogP contribution in [-0.2, 0) is 11.2 Å². The van der Waals surface area contributed by atoms with Crippen LogP contribution in [0, 0.1) is 6.92 Å². The van der Waals surface area contributed by atoms with E-state index >= 15 is 0 Å². The van der Waals surface area contributed by atoms with Crippen LogP contribution in [0.1, 0.15) is 38.6 Å². The third-order valence-corrected chi connectivity index (χ3v) is 2.84. The van der Waals surface area contributed by atoms with Gasteiger partial charge in [-0.05, 0) is 20.3 Å². The molecule has 1 aromatic heterocycles. The number of nitrogens with two attached hydrogens (primary N) is 1. The van der Waals surface area contributed by atoms with Crippen molar-refractivity contribution in [2.24, 2.45) is 0 Å². The molecule has 0 fully saturated rings. The van der Waals surface area contributed by atoms with Crippen LogP contribution in [0.3, 0.4) is 0 Å². The molecular weight excluding hydrogens is 242 g/mol. The van der Waals surface area contributed by atoms with Crippen molar-refractivity contribution in [2.45, 2.75) is 46.6 Å². The molecule has 0 saturated carbocycles. The number of aryl methyl sites for hydroxylation is 1. The summed E-state index contributed by atoms with van der Waals surface area (Å²) in [5.74, 6) is 1.71.